The molecule has 176 valence electrons. The molecular formula is C27H23N3O4S. The summed E-state index contributed by atoms with van der Waals surface area (Å²) in [6.07, 6.45) is 3.95. The first kappa shape index (κ1) is 22.8. The van der Waals surface area contributed by atoms with E-state index in [0.717, 1.165) is 5.56 Å². The number of benzene rings is 3. The van der Waals surface area contributed by atoms with E-state index in [-0.39, 0.29) is 10.5 Å². The van der Waals surface area contributed by atoms with Crippen molar-refractivity contribution >= 4 is 21.6 Å². The predicted molar refractivity (Wildman–Crippen MR) is 133 cm³/mol. The number of nitrogens with zero attached hydrogens (tertiary/aromatic N) is 2. The van der Waals surface area contributed by atoms with Crippen LogP contribution < -0.4 is 10.1 Å². The van der Waals surface area contributed by atoms with Crippen LogP contribution in [0.4, 0.5) is 5.69 Å². The number of ether oxygens (including phenoxy) is 1. The summed E-state index contributed by atoms with van der Waals surface area (Å²) in [6.45, 7) is 0.729. The fourth-order valence-corrected chi connectivity index (χ4v) is 5.44. The van der Waals surface area contributed by atoms with E-state index in [9.17, 15) is 13.2 Å². The summed E-state index contributed by atoms with van der Waals surface area (Å²) in [5.74, 6) is 0.881. The summed E-state index contributed by atoms with van der Waals surface area (Å²) in [5, 5.41) is 2.81. The normalized spacial score (nSPS) is 13.6. The van der Waals surface area contributed by atoms with Crippen LogP contribution in [0.15, 0.2) is 102 Å². The molecule has 4 aromatic rings. The van der Waals surface area contributed by atoms with Gasteiger partial charge in [-0.3, -0.25) is 9.78 Å². The number of hydrogen-bond donors (Lipinski definition) is 1. The van der Waals surface area contributed by atoms with Crippen molar-refractivity contribution in [3.8, 4) is 11.5 Å². The second-order valence-electron chi connectivity index (χ2n) is 8.15. The van der Waals surface area contributed by atoms with Crippen molar-refractivity contribution in [1.29, 1.82) is 0 Å². The third kappa shape index (κ3) is 5.08. The Bertz CT molecular complexity index is 1460. The lowest BCUT2D eigenvalue weighted by atomic mass is 10.0. The predicted octanol–water partition coefficient (Wildman–Crippen LogP) is 4.87. The minimum absolute atomic E-state index is 0.102. The van der Waals surface area contributed by atoms with E-state index in [1.54, 1.807) is 60.9 Å². The van der Waals surface area contributed by atoms with Crippen LogP contribution >= 0.6 is 0 Å². The Morgan fingerprint density at radius 1 is 0.857 bits per heavy atom. The standard InChI is InChI=1S/C27H23N3O4S/c31-27(29-23-8-10-24(11-9-23)34-25-12-15-28-16-13-25)21-6-3-7-26(18-21)35(32,33)30-17-14-20-4-1-2-5-22(20)19-30/h1-13,15-16,18H,14,17,19H2,(H,29,31). The van der Waals surface area contributed by atoms with E-state index >= 15 is 0 Å². The zero-order chi connectivity index (χ0) is 24.3. The van der Waals surface area contributed by atoms with Gasteiger partial charge >= 0.3 is 0 Å². The quantitative estimate of drug-likeness (QED) is 0.421. The second kappa shape index (κ2) is 9.69. The molecule has 2 heterocycles. The number of nitrogens with one attached hydrogen (secondary N) is 1. The lowest BCUT2D eigenvalue weighted by molar-refractivity contribution is 0.102. The van der Waals surface area contributed by atoms with Crippen molar-refractivity contribution in [2.24, 2.45) is 0 Å². The molecule has 1 aromatic heterocycles. The molecule has 0 aliphatic carbocycles. The summed E-state index contributed by atoms with van der Waals surface area (Å²) in [7, 11) is -3.74. The highest BCUT2D eigenvalue weighted by molar-refractivity contribution is 7.89. The monoisotopic (exact) mass is 485 g/mol. The molecule has 0 fully saturated rings. The highest BCUT2D eigenvalue weighted by Crippen LogP contribution is 2.26. The maximum Gasteiger partial charge on any atom is 0.255 e. The lowest BCUT2D eigenvalue weighted by Gasteiger charge is -2.28. The summed E-state index contributed by atoms with van der Waals surface area (Å²) >= 11 is 0. The Morgan fingerprint density at radius 3 is 2.34 bits per heavy atom. The van der Waals surface area contributed by atoms with Crippen LogP contribution in [0.1, 0.15) is 21.5 Å². The molecule has 1 amide bonds. The zero-order valence-electron chi connectivity index (χ0n) is 18.8. The molecule has 1 aliphatic heterocycles. The van der Waals surface area contributed by atoms with Gasteiger partial charge in [-0.1, -0.05) is 30.3 Å². The van der Waals surface area contributed by atoms with Crippen molar-refractivity contribution in [2.75, 3.05) is 11.9 Å². The molecule has 1 aliphatic rings. The van der Waals surface area contributed by atoms with Crippen LogP contribution in [0.3, 0.4) is 0 Å². The van der Waals surface area contributed by atoms with Gasteiger partial charge in [0.1, 0.15) is 11.5 Å². The molecule has 0 saturated carbocycles. The van der Waals surface area contributed by atoms with Gasteiger partial charge in [-0.2, -0.15) is 4.31 Å². The fraction of sp³-hybridized carbons (Fsp3) is 0.111. The second-order valence-corrected chi connectivity index (χ2v) is 10.1. The average Bonchev–Trinajstić information content (AvgIpc) is 2.90. The molecule has 0 bridgehead atoms. The van der Waals surface area contributed by atoms with Gasteiger partial charge in [-0.15, -0.1) is 0 Å². The first-order valence-corrected chi connectivity index (χ1v) is 12.6. The molecule has 5 rings (SSSR count). The van der Waals surface area contributed by atoms with E-state index in [0.29, 0.717) is 36.7 Å². The third-order valence-electron chi connectivity index (χ3n) is 5.83. The Balaban J connectivity index is 1.28. The van der Waals surface area contributed by atoms with Gasteiger partial charge in [-0.25, -0.2) is 8.42 Å². The summed E-state index contributed by atoms with van der Waals surface area (Å²) in [5.41, 5.74) is 3.01. The summed E-state index contributed by atoms with van der Waals surface area (Å²) in [4.78, 5) is 16.9. The first-order valence-electron chi connectivity index (χ1n) is 11.2. The molecule has 0 spiro atoms. The minimum atomic E-state index is -3.74. The smallest absolute Gasteiger partial charge is 0.255 e. The molecule has 0 unspecified atom stereocenters. The lowest BCUT2D eigenvalue weighted by Crippen LogP contribution is -2.36. The Hall–Kier alpha value is -4.01. The Kier molecular flexibility index (Phi) is 6.31. The van der Waals surface area contributed by atoms with Crippen molar-refractivity contribution in [2.45, 2.75) is 17.9 Å². The van der Waals surface area contributed by atoms with E-state index < -0.39 is 15.9 Å². The molecular weight excluding hydrogens is 462 g/mol. The van der Waals surface area contributed by atoms with Gasteiger partial charge in [0.25, 0.3) is 5.91 Å². The first-order chi connectivity index (χ1) is 17.0. The number of sulfonamides is 1. The highest BCUT2D eigenvalue weighted by Gasteiger charge is 2.28. The number of rotatable bonds is 6. The Labute approximate surface area is 204 Å². The maximum absolute atomic E-state index is 13.3. The number of hydrogen-bond acceptors (Lipinski definition) is 5. The Morgan fingerprint density at radius 2 is 1.57 bits per heavy atom. The van der Waals surface area contributed by atoms with Crippen LogP contribution in [-0.2, 0) is 23.0 Å². The van der Waals surface area contributed by atoms with Crippen LogP contribution in [0, 0.1) is 0 Å². The van der Waals surface area contributed by atoms with Crippen LogP contribution in [0.2, 0.25) is 0 Å². The molecule has 0 saturated heterocycles. The van der Waals surface area contributed by atoms with Crippen LogP contribution in [0.25, 0.3) is 0 Å². The molecule has 0 radical (unpaired) electrons. The molecule has 3 aromatic carbocycles. The SMILES string of the molecule is O=C(Nc1ccc(Oc2ccncc2)cc1)c1cccc(S(=O)(=O)N2CCc3ccccc3C2)c1. The largest absolute Gasteiger partial charge is 0.457 e. The number of carbonyl (C=O) groups is 1. The van der Waals surface area contributed by atoms with Crippen molar-refractivity contribution in [3.63, 3.8) is 0 Å². The van der Waals surface area contributed by atoms with Crippen molar-refractivity contribution < 1.29 is 17.9 Å². The van der Waals surface area contributed by atoms with E-state index in [4.69, 9.17) is 4.74 Å². The summed E-state index contributed by atoms with van der Waals surface area (Å²) < 4.78 is 33.8. The zero-order valence-corrected chi connectivity index (χ0v) is 19.6. The topological polar surface area (TPSA) is 88.6 Å². The molecule has 35 heavy (non-hydrogen) atoms. The van der Waals surface area contributed by atoms with Crippen molar-refractivity contribution in [3.05, 3.63) is 114 Å². The van der Waals surface area contributed by atoms with Gasteiger partial charge in [-0.05, 0) is 72.1 Å². The molecule has 1 N–H and O–H groups in total. The number of amides is 1. The average molecular weight is 486 g/mol. The number of fused-ring (bicyclic) bond motifs is 1. The van der Waals surface area contributed by atoms with Crippen LogP contribution in [-0.4, -0.2) is 30.2 Å². The summed E-state index contributed by atoms with van der Waals surface area (Å²) in [6, 6.07) is 24.4. The van der Waals surface area contributed by atoms with Gasteiger partial charge < -0.3 is 10.1 Å². The maximum atomic E-state index is 13.3. The van der Waals surface area contributed by atoms with Gasteiger partial charge in [0.15, 0.2) is 0 Å². The van der Waals surface area contributed by atoms with Gasteiger partial charge in [0.2, 0.25) is 10.0 Å². The molecule has 7 nitrogen and oxygen atoms in total. The number of aromatic nitrogens is 1. The van der Waals surface area contributed by atoms with Crippen LogP contribution in [0.5, 0.6) is 11.5 Å². The van der Waals surface area contributed by atoms with E-state index in [2.05, 4.69) is 10.3 Å². The van der Waals surface area contributed by atoms with E-state index in [1.165, 1.54) is 22.0 Å². The molecule has 8 heteroatoms. The van der Waals surface area contributed by atoms with Gasteiger partial charge in [0, 0.05) is 36.7 Å². The van der Waals surface area contributed by atoms with Gasteiger partial charge in [0.05, 0.1) is 4.90 Å². The minimum Gasteiger partial charge on any atom is -0.457 e. The fourth-order valence-electron chi connectivity index (χ4n) is 3.97. The number of pyridine rings is 1. The molecule has 0 atom stereocenters. The number of anilines is 1. The third-order valence-corrected chi connectivity index (χ3v) is 7.67. The van der Waals surface area contributed by atoms with E-state index in [1.807, 2.05) is 24.3 Å². The number of carbonyl (C=O) groups excluding carboxylic acids is 1. The highest BCUT2D eigenvalue weighted by atomic mass is 32.2. The van der Waals surface area contributed by atoms with Crippen molar-refractivity contribution in [1.82, 2.24) is 9.29 Å².